The van der Waals surface area contributed by atoms with Crippen LogP contribution in [0.5, 0.6) is 0 Å². The fourth-order valence-electron chi connectivity index (χ4n) is 2.48. The zero-order valence-corrected chi connectivity index (χ0v) is 12.2. The predicted octanol–water partition coefficient (Wildman–Crippen LogP) is 1.81. The minimum atomic E-state index is -3.57. The lowest BCUT2D eigenvalue weighted by Gasteiger charge is -2.10. The largest absolute Gasteiger partial charge is 0.323 e. The van der Waals surface area contributed by atoms with E-state index >= 15 is 0 Å². The van der Waals surface area contributed by atoms with Crippen molar-refractivity contribution in [3.63, 3.8) is 0 Å². The van der Waals surface area contributed by atoms with E-state index in [9.17, 15) is 8.42 Å². The van der Waals surface area contributed by atoms with Crippen LogP contribution in [0.4, 0.5) is 5.69 Å². The summed E-state index contributed by atoms with van der Waals surface area (Å²) >= 11 is 0. The van der Waals surface area contributed by atoms with Crippen molar-refractivity contribution in [3.8, 4) is 0 Å². The van der Waals surface area contributed by atoms with Crippen LogP contribution < -0.4 is 16.0 Å². The molecule has 1 aliphatic rings. The van der Waals surface area contributed by atoms with Gasteiger partial charge in [0.05, 0.1) is 5.69 Å². The summed E-state index contributed by atoms with van der Waals surface area (Å²) in [6, 6.07) is 16.5. The number of benzene rings is 2. The van der Waals surface area contributed by atoms with Crippen LogP contribution in [0, 0.1) is 0 Å². The molecule has 1 saturated carbocycles. The summed E-state index contributed by atoms with van der Waals surface area (Å²) < 4.78 is 27.6. The molecule has 2 atom stereocenters. The van der Waals surface area contributed by atoms with Crippen molar-refractivity contribution in [1.82, 2.24) is 4.72 Å². The quantitative estimate of drug-likeness (QED) is 0.581. The molecule has 5 nitrogen and oxygen atoms in total. The van der Waals surface area contributed by atoms with Gasteiger partial charge in [-0.05, 0) is 24.1 Å². The molecule has 4 N–H and O–H groups in total. The molecule has 1 aliphatic carbocycles. The van der Waals surface area contributed by atoms with E-state index in [4.69, 9.17) is 5.84 Å². The fraction of sp³-hybridized carbons (Fsp3) is 0.200. The number of hydrogen-bond donors (Lipinski definition) is 3. The van der Waals surface area contributed by atoms with E-state index in [1.165, 1.54) is 6.07 Å². The summed E-state index contributed by atoms with van der Waals surface area (Å²) in [7, 11) is -3.57. The number of sulfonamides is 1. The highest BCUT2D eigenvalue weighted by molar-refractivity contribution is 7.89. The molecule has 0 bridgehead atoms. The highest BCUT2D eigenvalue weighted by Crippen LogP contribution is 2.41. The van der Waals surface area contributed by atoms with Gasteiger partial charge in [0, 0.05) is 12.0 Å². The Hall–Kier alpha value is -1.89. The summed E-state index contributed by atoms with van der Waals surface area (Å²) in [5, 5.41) is 0. The third-order valence-corrected chi connectivity index (χ3v) is 5.20. The summed E-state index contributed by atoms with van der Waals surface area (Å²) in [4.78, 5) is 0.172. The molecular formula is C15H17N3O2S. The second-order valence-corrected chi connectivity index (χ2v) is 6.80. The lowest BCUT2D eigenvalue weighted by molar-refractivity contribution is 0.580. The van der Waals surface area contributed by atoms with Gasteiger partial charge in [-0.15, -0.1) is 0 Å². The van der Waals surface area contributed by atoms with Crippen LogP contribution in [0.1, 0.15) is 17.9 Å². The van der Waals surface area contributed by atoms with Gasteiger partial charge < -0.3 is 5.43 Å². The van der Waals surface area contributed by atoms with Gasteiger partial charge in [0.1, 0.15) is 4.90 Å². The molecule has 110 valence electrons. The van der Waals surface area contributed by atoms with Crippen molar-refractivity contribution in [1.29, 1.82) is 0 Å². The van der Waals surface area contributed by atoms with Crippen molar-refractivity contribution in [3.05, 3.63) is 60.2 Å². The maximum atomic E-state index is 12.4. The van der Waals surface area contributed by atoms with Crippen LogP contribution >= 0.6 is 0 Å². The van der Waals surface area contributed by atoms with Crippen LogP contribution in [0.2, 0.25) is 0 Å². The number of rotatable bonds is 5. The molecule has 2 aromatic rings. The molecule has 0 radical (unpaired) electrons. The first-order valence-electron chi connectivity index (χ1n) is 6.75. The normalized spacial score (nSPS) is 21.0. The zero-order valence-electron chi connectivity index (χ0n) is 11.4. The number of para-hydroxylation sites is 1. The van der Waals surface area contributed by atoms with Gasteiger partial charge in [0.15, 0.2) is 0 Å². The average molecular weight is 303 g/mol. The third kappa shape index (κ3) is 2.92. The molecule has 0 spiro atoms. The first kappa shape index (κ1) is 14.1. The van der Waals surface area contributed by atoms with Crippen molar-refractivity contribution in [2.24, 2.45) is 5.84 Å². The monoisotopic (exact) mass is 303 g/mol. The Kier molecular flexibility index (Phi) is 3.67. The number of hydrazine groups is 1. The van der Waals surface area contributed by atoms with Gasteiger partial charge in [-0.3, -0.25) is 5.84 Å². The maximum Gasteiger partial charge on any atom is 0.242 e. The van der Waals surface area contributed by atoms with Crippen molar-refractivity contribution in [2.75, 3.05) is 5.43 Å². The molecule has 0 amide bonds. The van der Waals surface area contributed by atoms with E-state index in [1.54, 1.807) is 18.2 Å². The van der Waals surface area contributed by atoms with E-state index in [1.807, 2.05) is 30.3 Å². The van der Waals surface area contributed by atoms with Gasteiger partial charge in [-0.1, -0.05) is 42.5 Å². The van der Waals surface area contributed by atoms with Crippen LogP contribution in [0.15, 0.2) is 59.5 Å². The molecule has 0 saturated heterocycles. The van der Waals surface area contributed by atoms with E-state index in [-0.39, 0.29) is 16.9 Å². The lowest BCUT2D eigenvalue weighted by atomic mass is 10.1. The predicted molar refractivity (Wildman–Crippen MR) is 82.2 cm³/mol. The number of nitrogens with two attached hydrogens (primary N) is 1. The first-order chi connectivity index (χ1) is 10.1. The Bertz CT molecular complexity index is 732. The Labute approximate surface area is 124 Å². The lowest BCUT2D eigenvalue weighted by Crippen LogP contribution is -2.28. The summed E-state index contributed by atoms with van der Waals surface area (Å²) in [6.45, 7) is 0. The molecule has 0 aromatic heterocycles. The van der Waals surface area contributed by atoms with Crippen LogP contribution in [0.3, 0.4) is 0 Å². The van der Waals surface area contributed by atoms with E-state index in [0.29, 0.717) is 5.69 Å². The molecule has 2 unspecified atom stereocenters. The molecular weight excluding hydrogens is 286 g/mol. The Balaban J connectivity index is 1.77. The first-order valence-corrected chi connectivity index (χ1v) is 8.23. The number of anilines is 1. The second-order valence-electron chi connectivity index (χ2n) is 5.12. The molecule has 0 aliphatic heterocycles. The van der Waals surface area contributed by atoms with Crippen LogP contribution in [0.25, 0.3) is 0 Å². The highest BCUT2D eigenvalue weighted by Gasteiger charge is 2.41. The Morgan fingerprint density at radius 1 is 1.00 bits per heavy atom. The molecule has 1 fully saturated rings. The summed E-state index contributed by atoms with van der Waals surface area (Å²) in [5.41, 5.74) is 3.97. The Morgan fingerprint density at radius 3 is 2.38 bits per heavy atom. The smallest absolute Gasteiger partial charge is 0.242 e. The topological polar surface area (TPSA) is 84.2 Å². The summed E-state index contributed by atoms with van der Waals surface area (Å²) in [6.07, 6.45) is 0.821. The number of nitrogens with one attached hydrogen (secondary N) is 2. The van der Waals surface area contributed by atoms with E-state index < -0.39 is 10.0 Å². The van der Waals surface area contributed by atoms with Gasteiger partial charge >= 0.3 is 0 Å². The molecule has 0 heterocycles. The minimum absolute atomic E-state index is 0.0526. The highest BCUT2D eigenvalue weighted by atomic mass is 32.2. The van der Waals surface area contributed by atoms with Crippen LogP contribution in [-0.4, -0.2) is 14.5 Å². The zero-order chi connectivity index (χ0) is 14.9. The molecule has 3 rings (SSSR count). The van der Waals surface area contributed by atoms with Crippen LogP contribution in [-0.2, 0) is 10.0 Å². The van der Waals surface area contributed by atoms with E-state index in [2.05, 4.69) is 10.1 Å². The number of nitrogen functional groups attached to an aromatic ring is 1. The molecule has 6 heteroatoms. The average Bonchev–Trinajstić information content (AvgIpc) is 3.26. The Morgan fingerprint density at radius 2 is 1.67 bits per heavy atom. The van der Waals surface area contributed by atoms with Gasteiger partial charge in [-0.25, -0.2) is 13.1 Å². The fourth-order valence-corrected chi connectivity index (χ4v) is 3.94. The molecule has 2 aromatic carbocycles. The van der Waals surface area contributed by atoms with Crippen molar-refractivity contribution < 1.29 is 8.42 Å². The maximum absolute atomic E-state index is 12.4. The second kappa shape index (κ2) is 5.48. The van der Waals surface area contributed by atoms with Crippen molar-refractivity contribution >= 4 is 15.7 Å². The third-order valence-electron chi connectivity index (χ3n) is 3.66. The molecule has 21 heavy (non-hydrogen) atoms. The standard InChI is InChI=1S/C15H17N3O2S/c16-17-13-8-4-5-9-15(13)21(19,20)18-14-10-12(14)11-6-2-1-3-7-11/h1-9,12,14,17-18H,10,16H2. The summed E-state index contributed by atoms with van der Waals surface area (Å²) in [5.74, 6) is 5.62. The van der Waals surface area contributed by atoms with Gasteiger partial charge in [-0.2, -0.15) is 0 Å². The number of hydrogen-bond acceptors (Lipinski definition) is 4. The minimum Gasteiger partial charge on any atom is -0.323 e. The van der Waals surface area contributed by atoms with Gasteiger partial charge in [0.2, 0.25) is 10.0 Å². The van der Waals surface area contributed by atoms with Crippen molar-refractivity contribution in [2.45, 2.75) is 23.3 Å². The van der Waals surface area contributed by atoms with E-state index in [0.717, 1.165) is 12.0 Å². The SMILES string of the molecule is NNc1ccccc1S(=O)(=O)NC1CC1c1ccccc1. The van der Waals surface area contributed by atoms with Gasteiger partial charge in [0.25, 0.3) is 0 Å².